The van der Waals surface area contributed by atoms with Gasteiger partial charge in [-0.2, -0.15) is 0 Å². The predicted octanol–water partition coefficient (Wildman–Crippen LogP) is 5.34. The van der Waals surface area contributed by atoms with Gasteiger partial charge in [-0.05, 0) is 48.0 Å². The van der Waals surface area contributed by atoms with E-state index in [1.165, 1.54) is 56.7 Å². The minimum atomic E-state index is -4.00. The largest absolute Gasteiger partial charge is 0.497 e. The maximum atomic E-state index is 13.0. The summed E-state index contributed by atoms with van der Waals surface area (Å²) in [6.45, 7) is 0. The average Bonchev–Trinajstić information content (AvgIpc) is 3.41. The van der Waals surface area contributed by atoms with Crippen molar-refractivity contribution in [1.29, 1.82) is 0 Å². The van der Waals surface area contributed by atoms with E-state index in [2.05, 4.69) is 24.7 Å². The topological polar surface area (TPSA) is 136 Å². The van der Waals surface area contributed by atoms with Gasteiger partial charge in [0.2, 0.25) is 0 Å². The molecular formula is C24H21Cl2N5O6S. The number of nitrogens with one attached hydrogen (secondary N) is 2. The molecule has 2 aromatic carbocycles. The molecule has 0 aliphatic heterocycles. The zero-order chi connectivity index (χ0) is 27.4. The van der Waals surface area contributed by atoms with E-state index in [1.807, 2.05) is 0 Å². The van der Waals surface area contributed by atoms with Crippen LogP contribution >= 0.6 is 23.2 Å². The molecule has 4 aromatic rings. The van der Waals surface area contributed by atoms with Crippen molar-refractivity contribution < 1.29 is 27.2 Å². The Morgan fingerprint density at radius 1 is 1.05 bits per heavy atom. The molecule has 0 aliphatic carbocycles. The molecule has 14 heteroatoms. The number of pyridine rings is 1. The van der Waals surface area contributed by atoms with Crippen molar-refractivity contribution in [3.63, 3.8) is 0 Å². The number of carbonyl (C=O) groups excluding carboxylic acids is 1. The Morgan fingerprint density at radius 2 is 1.84 bits per heavy atom. The fourth-order valence-corrected chi connectivity index (χ4v) is 4.94. The molecule has 2 heterocycles. The van der Waals surface area contributed by atoms with Crippen LogP contribution in [0, 0.1) is 0 Å². The van der Waals surface area contributed by atoms with Gasteiger partial charge in [-0.3, -0.25) is 4.72 Å². The average molecular weight is 578 g/mol. The minimum absolute atomic E-state index is 0.0119. The van der Waals surface area contributed by atoms with Gasteiger partial charge in [0.1, 0.15) is 28.5 Å². The number of amides is 2. The molecule has 0 aliphatic rings. The monoisotopic (exact) mass is 577 g/mol. The lowest BCUT2D eigenvalue weighted by Crippen LogP contribution is -2.35. The zero-order valence-electron chi connectivity index (χ0n) is 20.2. The second-order valence-corrected chi connectivity index (χ2v) is 10.1. The number of benzene rings is 2. The highest BCUT2D eigenvalue weighted by Crippen LogP contribution is 2.42. The van der Waals surface area contributed by atoms with E-state index in [0.29, 0.717) is 21.9 Å². The molecule has 2 amide bonds. The van der Waals surface area contributed by atoms with Gasteiger partial charge in [-0.25, -0.2) is 23.1 Å². The van der Waals surface area contributed by atoms with Crippen LogP contribution in [-0.4, -0.2) is 45.9 Å². The first kappa shape index (κ1) is 27.0. The van der Waals surface area contributed by atoms with Crippen molar-refractivity contribution in [2.75, 3.05) is 30.9 Å². The lowest BCUT2D eigenvalue weighted by Gasteiger charge is -2.24. The van der Waals surface area contributed by atoms with E-state index in [0.717, 1.165) is 6.20 Å². The lowest BCUT2D eigenvalue weighted by molar-refractivity contribution is 0.250. The predicted molar refractivity (Wildman–Crippen MR) is 143 cm³/mol. The number of hydrogen-bond acceptors (Lipinski definition) is 8. The molecule has 11 nitrogen and oxygen atoms in total. The Labute approximate surface area is 228 Å². The number of nitrogens with zero attached hydrogens (tertiary/aromatic N) is 3. The summed E-state index contributed by atoms with van der Waals surface area (Å²) in [5, 5.41) is 6.81. The standard InChI is InChI=1S/C24H21Cl2N5O6S/c1-27-24(32)31(23-5-4-17(13-28-23)38(33,34)30-22-6-7-37-29-22)20-12-19(26)18(11-21(20)36-3)14-8-15(25)10-16(9-14)35-2/h4-13H,1-3H3,(H,27,32)(H,29,30). The summed E-state index contributed by atoms with van der Waals surface area (Å²) in [5.74, 6) is 0.947. The number of ether oxygens (including phenoxy) is 2. The first-order valence-corrected chi connectivity index (χ1v) is 13.0. The Kier molecular flexibility index (Phi) is 7.95. The molecule has 0 spiro atoms. The number of carbonyl (C=O) groups is 1. The number of rotatable bonds is 8. The SMILES string of the molecule is CNC(=O)N(c1ccc(S(=O)(=O)Nc2ccon2)cn1)c1cc(Cl)c(-c2cc(Cl)cc(OC)c2)cc1OC. The summed E-state index contributed by atoms with van der Waals surface area (Å²) in [5.41, 5.74) is 1.51. The van der Waals surface area contributed by atoms with Crippen LogP contribution in [0.15, 0.2) is 70.4 Å². The van der Waals surface area contributed by atoms with Gasteiger partial charge in [0, 0.05) is 29.9 Å². The van der Waals surface area contributed by atoms with E-state index in [9.17, 15) is 13.2 Å². The van der Waals surface area contributed by atoms with Crippen molar-refractivity contribution in [2.24, 2.45) is 0 Å². The molecule has 198 valence electrons. The Morgan fingerprint density at radius 3 is 2.45 bits per heavy atom. The molecule has 0 saturated heterocycles. The second kappa shape index (κ2) is 11.2. The van der Waals surface area contributed by atoms with Gasteiger partial charge in [-0.1, -0.05) is 28.4 Å². The number of urea groups is 1. The summed E-state index contributed by atoms with van der Waals surface area (Å²) in [7, 11) is 0.403. The van der Waals surface area contributed by atoms with Crippen LogP contribution < -0.4 is 24.4 Å². The first-order valence-electron chi connectivity index (χ1n) is 10.8. The molecule has 0 unspecified atom stereocenters. The van der Waals surface area contributed by atoms with E-state index in [1.54, 1.807) is 24.3 Å². The number of halogens is 2. The van der Waals surface area contributed by atoms with Gasteiger partial charge in [-0.15, -0.1) is 0 Å². The Hall–Kier alpha value is -4.00. The maximum absolute atomic E-state index is 13.0. The van der Waals surface area contributed by atoms with Crippen molar-refractivity contribution in [3.8, 4) is 22.6 Å². The van der Waals surface area contributed by atoms with Crippen molar-refractivity contribution in [2.45, 2.75) is 4.90 Å². The highest BCUT2D eigenvalue weighted by molar-refractivity contribution is 7.92. The molecule has 0 saturated carbocycles. The molecule has 4 rings (SSSR count). The number of aromatic nitrogens is 2. The molecule has 2 aromatic heterocycles. The highest BCUT2D eigenvalue weighted by Gasteiger charge is 2.25. The second-order valence-electron chi connectivity index (χ2n) is 7.62. The third-order valence-electron chi connectivity index (χ3n) is 5.28. The summed E-state index contributed by atoms with van der Waals surface area (Å²) < 4.78 is 43.1. The first-order chi connectivity index (χ1) is 18.2. The normalized spacial score (nSPS) is 11.1. The van der Waals surface area contributed by atoms with Crippen LogP contribution in [0.25, 0.3) is 11.1 Å². The van der Waals surface area contributed by atoms with Gasteiger partial charge < -0.3 is 19.3 Å². The third-order valence-corrected chi connectivity index (χ3v) is 7.15. The molecule has 0 radical (unpaired) electrons. The summed E-state index contributed by atoms with van der Waals surface area (Å²) >= 11 is 12.9. The van der Waals surface area contributed by atoms with Crippen LogP contribution in [0.3, 0.4) is 0 Å². The van der Waals surface area contributed by atoms with Crippen molar-refractivity contribution >= 4 is 56.6 Å². The Bertz CT molecular complexity index is 1560. The van der Waals surface area contributed by atoms with E-state index < -0.39 is 16.1 Å². The quantitative estimate of drug-likeness (QED) is 0.286. The minimum Gasteiger partial charge on any atom is -0.497 e. The third kappa shape index (κ3) is 5.62. The van der Waals surface area contributed by atoms with Crippen LogP contribution in [0.1, 0.15) is 0 Å². The van der Waals surface area contributed by atoms with E-state index in [4.69, 9.17) is 32.7 Å². The molecule has 2 N–H and O–H groups in total. The van der Waals surface area contributed by atoms with Gasteiger partial charge >= 0.3 is 6.03 Å². The highest BCUT2D eigenvalue weighted by atomic mass is 35.5. The molecule has 0 fully saturated rings. The number of sulfonamides is 1. The van der Waals surface area contributed by atoms with E-state index >= 15 is 0 Å². The fraction of sp³-hybridized carbons (Fsp3) is 0.125. The molecular weight excluding hydrogens is 557 g/mol. The summed E-state index contributed by atoms with van der Waals surface area (Å²) in [6.07, 6.45) is 2.33. The van der Waals surface area contributed by atoms with Crippen LogP contribution in [-0.2, 0) is 10.0 Å². The number of anilines is 3. The smallest absolute Gasteiger partial charge is 0.327 e. The van der Waals surface area contributed by atoms with Gasteiger partial charge in [0.05, 0.1) is 24.9 Å². The van der Waals surface area contributed by atoms with E-state index in [-0.39, 0.29) is 33.0 Å². The zero-order valence-corrected chi connectivity index (χ0v) is 22.6. The van der Waals surface area contributed by atoms with Gasteiger partial charge in [0.25, 0.3) is 10.0 Å². The number of methoxy groups -OCH3 is 2. The van der Waals surface area contributed by atoms with Crippen LogP contribution in [0.5, 0.6) is 11.5 Å². The summed E-state index contributed by atoms with van der Waals surface area (Å²) in [6, 6.07) is 11.8. The number of hydrogen-bond donors (Lipinski definition) is 2. The molecule has 0 atom stereocenters. The lowest BCUT2D eigenvalue weighted by atomic mass is 10.0. The van der Waals surface area contributed by atoms with Crippen molar-refractivity contribution in [1.82, 2.24) is 15.5 Å². The van der Waals surface area contributed by atoms with Crippen LogP contribution in [0.4, 0.5) is 22.1 Å². The molecule has 0 bridgehead atoms. The molecule has 38 heavy (non-hydrogen) atoms. The van der Waals surface area contributed by atoms with Crippen LogP contribution in [0.2, 0.25) is 10.0 Å². The van der Waals surface area contributed by atoms with Gasteiger partial charge in [0.15, 0.2) is 5.82 Å². The van der Waals surface area contributed by atoms with Crippen molar-refractivity contribution in [3.05, 3.63) is 71.0 Å². The summed E-state index contributed by atoms with van der Waals surface area (Å²) in [4.78, 5) is 18.2. The fourth-order valence-electron chi connectivity index (χ4n) is 3.51. The Balaban J connectivity index is 1.75. The maximum Gasteiger partial charge on any atom is 0.327 e.